The summed E-state index contributed by atoms with van der Waals surface area (Å²) in [6.45, 7) is 3.33. The van der Waals surface area contributed by atoms with Crippen LogP contribution in [0.4, 0.5) is 5.69 Å². The molecular weight excluding hydrogens is 472 g/mol. The van der Waals surface area contributed by atoms with Crippen LogP contribution in [-0.4, -0.2) is 39.3 Å². The molecule has 2 heterocycles. The van der Waals surface area contributed by atoms with Gasteiger partial charge in [0.2, 0.25) is 0 Å². The number of rotatable bonds is 8. The van der Waals surface area contributed by atoms with Crippen molar-refractivity contribution in [1.29, 1.82) is 0 Å². The van der Waals surface area contributed by atoms with Crippen molar-refractivity contribution in [1.82, 2.24) is 9.99 Å². The van der Waals surface area contributed by atoms with E-state index in [1.165, 1.54) is 35.8 Å². The standard InChI is InChI=1S/C24H24N4O6S/c1-14-11-16(12-25-26-21(29)13-34-19-9-5-4-8-18(19)28(32)33)15(2)27(14)23-22(24(30)31)17-7-3-6-10-20(17)35-23/h4-5,8-9,11-12H,3,6-7,10,13H2,1-2H3,(H,26,29)(H,30,31). The molecule has 1 amide bonds. The quantitative estimate of drug-likeness (QED) is 0.273. The van der Waals surface area contributed by atoms with E-state index in [9.17, 15) is 24.8 Å². The van der Waals surface area contributed by atoms with Gasteiger partial charge in [0, 0.05) is 27.9 Å². The number of carboxylic acids is 1. The van der Waals surface area contributed by atoms with E-state index in [2.05, 4.69) is 10.5 Å². The summed E-state index contributed by atoms with van der Waals surface area (Å²) in [6.07, 6.45) is 5.21. The molecule has 35 heavy (non-hydrogen) atoms. The van der Waals surface area contributed by atoms with Crippen molar-refractivity contribution in [3.05, 3.63) is 73.4 Å². The summed E-state index contributed by atoms with van der Waals surface area (Å²) in [4.78, 5) is 35.8. The molecule has 2 N–H and O–H groups in total. The molecule has 10 nitrogen and oxygen atoms in total. The largest absolute Gasteiger partial charge is 0.478 e. The number of aromatic carboxylic acids is 1. The highest BCUT2D eigenvalue weighted by atomic mass is 32.1. The van der Waals surface area contributed by atoms with Gasteiger partial charge in [0.05, 0.1) is 16.7 Å². The summed E-state index contributed by atoms with van der Waals surface area (Å²) in [6, 6.07) is 7.67. The topological polar surface area (TPSA) is 136 Å². The van der Waals surface area contributed by atoms with Gasteiger partial charge in [0.25, 0.3) is 5.91 Å². The van der Waals surface area contributed by atoms with Crippen LogP contribution in [0.5, 0.6) is 5.75 Å². The van der Waals surface area contributed by atoms with E-state index < -0.39 is 23.4 Å². The number of carbonyl (C=O) groups excluding carboxylic acids is 1. The molecule has 0 spiro atoms. The lowest BCUT2D eigenvalue weighted by molar-refractivity contribution is -0.385. The van der Waals surface area contributed by atoms with Gasteiger partial charge in [-0.3, -0.25) is 14.9 Å². The maximum atomic E-state index is 12.1. The Hall–Kier alpha value is -3.99. The first-order valence-electron chi connectivity index (χ1n) is 11.0. The molecule has 0 radical (unpaired) electrons. The van der Waals surface area contributed by atoms with Crippen molar-refractivity contribution in [3.8, 4) is 10.8 Å². The molecule has 0 saturated heterocycles. The molecule has 0 saturated carbocycles. The molecule has 0 atom stereocenters. The van der Waals surface area contributed by atoms with Gasteiger partial charge >= 0.3 is 11.7 Å². The lowest BCUT2D eigenvalue weighted by Gasteiger charge is -2.11. The Morgan fingerprint density at radius 1 is 1.29 bits per heavy atom. The van der Waals surface area contributed by atoms with Crippen molar-refractivity contribution >= 4 is 35.1 Å². The number of nitrogens with one attached hydrogen (secondary N) is 1. The number of nitro benzene ring substituents is 1. The number of hydrogen-bond donors (Lipinski definition) is 2. The van der Waals surface area contributed by atoms with Crippen molar-refractivity contribution in [2.75, 3.05) is 6.61 Å². The van der Waals surface area contributed by atoms with Crippen molar-refractivity contribution in [2.45, 2.75) is 39.5 Å². The van der Waals surface area contributed by atoms with Gasteiger partial charge in [-0.2, -0.15) is 5.10 Å². The van der Waals surface area contributed by atoms with E-state index in [-0.39, 0.29) is 11.4 Å². The predicted octanol–water partition coefficient (Wildman–Crippen LogP) is 4.17. The third-order valence-corrected chi connectivity index (χ3v) is 7.13. The minimum Gasteiger partial charge on any atom is -0.478 e. The second-order valence-corrected chi connectivity index (χ2v) is 9.25. The maximum absolute atomic E-state index is 12.1. The van der Waals surface area contributed by atoms with Crippen LogP contribution >= 0.6 is 11.3 Å². The Balaban J connectivity index is 1.48. The number of nitro groups is 1. The van der Waals surface area contributed by atoms with Gasteiger partial charge in [-0.15, -0.1) is 11.3 Å². The fourth-order valence-corrected chi connectivity index (χ4v) is 5.73. The molecule has 0 aliphatic heterocycles. The van der Waals surface area contributed by atoms with Gasteiger partial charge in [0.1, 0.15) is 5.00 Å². The first-order valence-corrected chi connectivity index (χ1v) is 11.8. The Labute approximate surface area is 205 Å². The van der Waals surface area contributed by atoms with Gasteiger partial charge in [-0.25, -0.2) is 10.2 Å². The van der Waals surface area contributed by atoms with E-state index in [1.54, 1.807) is 6.07 Å². The third-order valence-electron chi connectivity index (χ3n) is 5.85. The Morgan fingerprint density at radius 3 is 2.77 bits per heavy atom. The molecule has 1 aliphatic rings. The number of fused-ring (bicyclic) bond motifs is 1. The molecule has 3 aromatic rings. The number of aromatic nitrogens is 1. The smallest absolute Gasteiger partial charge is 0.339 e. The Morgan fingerprint density at radius 2 is 2.03 bits per heavy atom. The zero-order valence-corrected chi connectivity index (χ0v) is 20.1. The molecule has 182 valence electrons. The number of para-hydroxylation sites is 2. The Bertz CT molecular complexity index is 1340. The molecule has 1 aliphatic carbocycles. The van der Waals surface area contributed by atoms with Crippen molar-refractivity contribution in [3.63, 3.8) is 0 Å². The number of hydrazone groups is 1. The second-order valence-electron chi connectivity index (χ2n) is 8.16. The molecule has 0 fully saturated rings. The SMILES string of the molecule is Cc1cc(C=NNC(=O)COc2ccccc2[N+](=O)[O-])c(C)n1-c1sc2c(c1C(=O)O)CCCC2. The number of hydrogen-bond acceptors (Lipinski definition) is 7. The van der Waals surface area contributed by atoms with Crippen LogP contribution < -0.4 is 10.2 Å². The van der Waals surface area contributed by atoms with Gasteiger partial charge in [0.15, 0.2) is 12.4 Å². The van der Waals surface area contributed by atoms with Crippen LogP contribution in [0.15, 0.2) is 35.4 Å². The lowest BCUT2D eigenvalue weighted by atomic mass is 9.95. The number of carboxylic acid groups (broad SMARTS) is 1. The average Bonchev–Trinajstić information content (AvgIpc) is 3.34. The summed E-state index contributed by atoms with van der Waals surface area (Å²) >= 11 is 1.52. The van der Waals surface area contributed by atoms with Crippen LogP contribution in [0, 0.1) is 24.0 Å². The van der Waals surface area contributed by atoms with E-state index in [0.29, 0.717) is 10.6 Å². The van der Waals surface area contributed by atoms with Gasteiger partial charge in [-0.1, -0.05) is 12.1 Å². The van der Waals surface area contributed by atoms with E-state index >= 15 is 0 Å². The minimum atomic E-state index is -0.923. The van der Waals surface area contributed by atoms with E-state index in [1.807, 2.05) is 24.5 Å². The van der Waals surface area contributed by atoms with Crippen molar-refractivity contribution in [2.24, 2.45) is 5.10 Å². The second kappa shape index (κ2) is 10.1. The summed E-state index contributed by atoms with van der Waals surface area (Å²) < 4.78 is 7.18. The highest BCUT2D eigenvalue weighted by molar-refractivity contribution is 7.15. The molecule has 0 bridgehead atoms. The highest BCUT2D eigenvalue weighted by Crippen LogP contribution is 2.38. The molecule has 11 heteroatoms. The van der Waals surface area contributed by atoms with Gasteiger partial charge in [-0.05, 0) is 57.2 Å². The van der Waals surface area contributed by atoms with Crippen LogP contribution in [0.25, 0.3) is 5.00 Å². The Kier molecular flexibility index (Phi) is 6.97. The molecule has 1 aromatic carbocycles. The van der Waals surface area contributed by atoms with Crippen LogP contribution in [0.2, 0.25) is 0 Å². The number of aryl methyl sites for hydroxylation is 2. The van der Waals surface area contributed by atoms with E-state index in [0.717, 1.165) is 53.1 Å². The fourth-order valence-electron chi connectivity index (χ4n) is 4.24. The van der Waals surface area contributed by atoms with Crippen molar-refractivity contribution < 1.29 is 24.4 Å². The summed E-state index contributed by atoms with van der Waals surface area (Å²) in [5.74, 6) is -1.51. The third kappa shape index (κ3) is 4.94. The highest BCUT2D eigenvalue weighted by Gasteiger charge is 2.27. The number of thiophene rings is 1. The van der Waals surface area contributed by atoms with Crippen LogP contribution in [0.1, 0.15) is 50.6 Å². The fraction of sp³-hybridized carbons (Fsp3) is 0.292. The maximum Gasteiger partial charge on any atom is 0.339 e. The predicted molar refractivity (Wildman–Crippen MR) is 131 cm³/mol. The number of ether oxygens (including phenoxy) is 1. The zero-order valence-electron chi connectivity index (χ0n) is 19.2. The monoisotopic (exact) mass is 496 g/mol. The van der Waals surface area contributed by atoms with Crippen LogP contribution in [-0.2, 0) is 17.6 Å². The number of carbonyl (C=O) groups is 2. The summed E-state index contributed by atoms with van der Waals surface area (Å²) in [5.41, 5.74) is 5.82. The molecule has 4 rings (SSSR count). The van der Waals surface area contributed by atoms with Gasteiger partial charge < -0.3 is 14.4 Å². The first-order chi connectivity index (χ1) is 16.8. The zero-order chi connectivity index (χ0) is 25.1. The molecule has 0 unspecified atom stereocenters. The first kappa shape index (κ1) is 24.1. The number of nitrogens with zero attached hydrogens (tertiary/aromatic N) is 3. The van der Waals surface area contributed by atoms with E-state index in [4.69, 9.17) is 4.74 Å². The van der Waals surface area contributed by atoms with Crippen LogP contribution in [0.3, 0.4) is 0 Å². The minimum absolute atomic E-state index is 0.00643. The summed E-state index contributed by atoms with van der Waals surface area (Å²) in [7, 11) is 0. The molecule has 2 aromatic heterocycles. The average molecular weight is 497 g/mol. The number of amides is 1. The normalized spacial score (nSPS) is 13.0. The summed E-state index contributed by atoms with van der Waals surface area (Å²) in [5, 5.41) is 25.6. The molecular formula is C24H24N4O6S. The number of benzene rings is 1. The lowest BCUT2D eigenvalue weighted by Crippen LogP contribution is -2.24.